The highest BCUT2D eigenvalue weighted by molar-refractivity contribution is 6.31. The lowest BCUT2D eigenvalue weighted by molar-refractivity contribution is 0.102. The number of methoxy groups -OCH3 is 1. The fourth-order valence-electron chi connectivity index (χ4n) is 2.25. The third kappa shape index (κ3) is 2.76. The van der Waals surface area contributed by atoms with E-state index in [1.165, 1.54) is 0 Å². The smallest absolute Gasteiger partial charge is 0.255 e. The Morgan fingerprint density at radius 3 is 2.86 bits per heavy atom. The molecular formula is C16H14ClN3O2. The first kappa shape index (κ1) is 14.4. The number of fused-ring (bicyclic) bond motifs is 1. The Kier molecular flexibility index (Phi) is 3.73. The summed E-state index contributed by atoms with van der Waals surface area (Å²) in [4.78, 5) is 19.8. The maximum atomic E-state index is 12.4. The average Bonchev–Trinajstić information content (AvgIpc) is 2.86. The van der Waals surface area contributed by atoms with Crippen LogP contribution in [0.4, 0.5) is 5.69 Å². The van der Waals surface area contributed by atoms with Crippen LogP contribution in [0, 0.1) is 6.92 Å². The van der Waals surface area contributed by atoms with Crippen LogP contribution in [-0.2, 0) is 0 Å². The summed E-state index contributed by atoms with van der Waals surface area (Å²) >= 11 is 5.96. The van der Waals surface area contributed by atoms with Crippen LogP contribution < -0.4 is 10.1 Å². The number of rotatable bonds is 3. The molecule has 2 aromatic carbocycles. The number of hydrogen-bond acceptors (Lipinski definition) is 3. The number of H-pyrrole nitrogens is 1. The van der Waals surface area contributed by atoms with Gasteiger partial charge in [0.1, 0.15) is 11.6 Å². The Morgan fingerprint density at radius 2 is 2.09 bits per heavy atom. The zero-order chi connectivity index (χ0) is 15.7. The number of aryl methyl sites for hydroxylation is 1. The molecule has 1 amide bonds. The van der Waals surface area contributed by atoms with Gasteiger partial charge < -0.3 is 15.0 Å². The molecule has 0 spiro atoms. The molecule has 0 aliphatic carbocycles. The van der Waals surface area contributed by atoms with Crippen molar-refractivity contribution in [1.82, 2.24) is 9.97 Å². The van der Waals surface area contributed by atoms with Gasteiger partial charge in [0, 0.05) is 10.6 Å². The van der Waals surface area contributed by atoms with E-state index in [-0.39, 0.29) is 5.91 Å². The molecule has 3 aromatic rings. The van der Waals surface area contributed by atoms with Crippen LogP contribution >= 0.6 is 11.6 Å². The summed E-state index contributed by atoms with van der Waals surface area (Å²) in [6, 6.07) is 10.4. The predicted molar refractivity (Wildman–Crippen MR) is 86.8 cm³/mol. The minimum absolute atomic E-state index is 0.241. The summed E-state index contributed by atoms with van der Waals surface area (Å²) in [6.07, 6.45) is 0. The number of anilines is 1. The van der Waals surface area contributed by atoms with Crippen molar-refractivity contribution in [3.63, 3.8) is 0 Å². The van der Waals surface area contributed by atoms with E-state index in [1.807, 2.05) is 13.0 Å². The van der Waals surface area contributed by atoms with E-state index in [1.54, 1.807) is 37.4 Å². The number of nitrogens with zero attached hydrogens (tertiary/aromatic N) is 1. The highest BCUT2D eigenvalue weighted by atomic mass is 35.5. The van der Waals surface area contributed by atoms with Crippen LogP contribution in [0.15, 0.2) is 36.4 Å². The van der Waals surface area contributed by atoms with Crippen molar-refractivity contribution < 1.29 is 9.53 Å². The summed E-state index contributed by atoms with van der Waals surface area (Å²) in [7, 11) is 1.54. The number of hydrogen-bond donors (Lipinski definition) is 2. The number of amides is 1. The van der Waals surface area contributed by atoms with Crippen LogP contribution in [0.2, 0.25) is 5.02 Å². The van der Waals surface area contributed by atoms with Gasteiger partial charge in [-0.05, 0) is 43.3 Å². The number of aromatic nitrogens is 2. The highest BCUT2D eigenvalue weighted by Crippen LogP contribution is 2.28. The first-order valence-corrected chi connectivity index (χ1v) is 7.06. The number of aromatic amines is 1. The molecule has 22 heavy (non-hydrogen) atoms. The molecule has 0 radical (unpaired) electrons. The number of carbonyl (C=O) groups is 1. The van der Waals surface area contributed by atoms with Crippen LogP contribution in [0.3, 0.4) is 0 Å². The molecule has 6 heteroatoms. The summed E-state index contributed by atoms with van der Waals surface area (Å²) in [6.45, 7) is 1.87. The minimum Gasteiger partial charge on any atom is -0.495 e. The third-order valence-electron chi connectivity index (χ3n) is 3.27. The van der Waals surface area contributed by atoms with Gasteiger partial charge in [-0.25, -0.2) is 4.98 Å². The molecule has 3 rings (SSSR count). The lowest BCUT2D eigenvalue weighted by Gasteiger charge is -2.10. The second-order valence-corrected chi connectivity index (χ2v) is 5.29. The number of benzene rings is 2. The average molecular weight is 316 g/mol. The topological polar surface area (TPSA) is 67.0 Å². The van der Waals surface area contributed by atoms with Gasteiger partial charge in [0.05, 0.1) is 23.8 Å². The van der Waals surface area contributed by atoms with Crippen molar-refractivity contribution in [3.8, 4) is 5.75 Å². The summed E-state index contributed by atoms with van der Waals surface area (Å²) in [5.41, 5.74) is 2.71. The van der Waals surface area contributed by atoms with Gasteiger partial charge in [-0.2, -0.15) is 0 Å². The normalized spacial score (nSPS) is 10.7. The molecule has 5 nitrogen and oxygen atoms in total. The molecule has 0 saturated carbocycles. The number of nitrogens with one attached hydrogen (secondary N) is 2. The molecule has 112 valence electrons. The van der Waals surface area contributed by atoms with Gasteiger partial charge in [0.25, 0.3) is 5.91 Å². The van der Waals surface area contributed by atoms with Gasteiger partial charge in [-0.15, -0.1) is 0 Å². The van der Waals surface area contributed by atoms with Crippen LogP contribution in [0.25, 0.3) is 11.0 Å². The molecule has 0 aliphatic rings. The van der Waals surface area contributed by atoms with Crippen molar-refractivity contribution in [2.75, 3.05) is 12.4 Å². The number of carbonyl (C=O) groups excluding carboxylic acids is 1. The minimum atomic E-state index is -0.241. The molecule has 0 unspecified atom stereocenters. The van der Waals surface area contributed by atoms with E-state index in [4.69, 9.17) is 16.3 Å². The van der Waals surface area contributed by atoms with Gasteiger partial charge >= 0.3 is 0 Å². The van der Waals surface area contributed by atoms with E-state index >= 15 is 0 Å². The molecule has 0 fully saturated rings. The molecule has 0 atom stereocenters. The van der Waals surface area contributed by atoms with E-state index < -0.39 is 0 Å². The fourth-order valence-corrected chi connectivity index (χ4v) is 2.42. The van der Waals surface area contributed by atoms with Gasteiger partial charge in [0.15, 0.2) is 0 Å². The highest BCUT2D eigenvalue weighted by Gasteiger charge is 2.12. The molecule has 0 saturated heterocycles. The van der Waals surface area contributed by atoms with Crippen LogP contribution in [0.5, 0.6) is 5.75 Å². The SMILES string of the molecule is COc1ccc(Cl)cc1NC(=O)c1ccc2nc(C)[nH]c2c1. The molecule has 2 N–H and O–H groups in total. The zero-order valence-corrected chi connectivity index (χ0v) is 12.9. The second kappa shape index (κ2) is 5.69. The van der Waals surface area contributed by atoms with Crippen molar-refractivity contribution in [2.45, 2.75) is 6.92 Å². The standard InChI is InChI=1S/C16H14ClN3O2/c1-9-18-12-5-3-10(7-13(12)19-9)16(21)20-14-8-11(17)4-6-15(14)22-2/h3-8H,1-2H3,(H,18,19)(H,20,21). The first-order valence-electron chi connectivity index (χ1n) is 6.68. The van der Waals surface area contributed by atoms with Crippen LogP contribution in [-0.4, -0.2) is 23.0 Å². The Labute approximate surface area is 132 Å². The Morgan fingerprint density at radius 1 is 1.27 bits per heavy atom. The lowest BCUT2D eigenvalue weighted by Crippen LogP contribution is -2.12. The molecule has 0 bridgehead atoms. The molecule has 1 aromatic heterocycles. The molecule has 0 aliphatic heterocycles. The van der Waals surface area contributed by atoms with Gasteiger partial charge in [-0.1, -0.05) is 11.6 Å². The monoisotopic (exact) mass is 315 g/mol. The van der Waals surface area contributed by atoms with Crippen molar-refractivity contribution in [3.05, 3.63) is 52.8 Å². The zero-order valence-electron chi connectivity index (χ0n) is 12.1. The summed E-state index contributed by atoms with van der Waals surface area (Å²) in [5, 5.41) is 3.33. The van der Waals surface area contributed by atoms with E-state index in [0.29, 0.717) is 22.0 Å². The Bertz CT molecular complexity index is 858. The maximum Gasteiger partial charge on any atom is 0.255 e. The number of halogens is 1. The fraction of sp³-hybridized carbons (Fsp3) is 0.125. The largest absolute Gasteiger partial charge is 0.495 e. The van der Waals surface area contributed by atoms with E-state index in [0.717, 1.165) is 16.9 Å². The predicted octanol–water partition coefficient (Wildman–Crippen LogP) is 3.79. The van der Waals surface area contributed by atoms with Gasteiger partial charge in [0.2, 0.25) is 0 Å². The van der Waals surface area contributed by atoms with Crippen LogP contribution in [0.1, 0.15) is 16.2 Å². The van der Waals surface area contributed by atoms with Crippen molar-refractivity contribution in [1.29, 1.82) is 0 Å². The molecule has 1 heterocycles. The number of imidazole rings is 1. The Hall–Kier alpha value is -2.53. The molecular weight excluding hydrogens is 302 g/mol. The maximum absolute atomic E-state index is 12.4. The second-order valence-electron chi connectivity index (χ2n) is 4.85. The lowest BCUT2D eigenvalue weighted by atomic mass is 10.2. The van der Waals surface area contributed by atoms with Gasteiger partial charge in [-0.3, -0.25) is 4.79 Å². The van der Waals surface area contributed by atoms with Crippen molar-refractivity contribution >= 4 is 34.2 Å². The van der Waals surface area contributed by atoms with E-state index in [2.05, 4.69) is 15.3 Å². The first-order chi connectivity index (χ1) is 10.6. The number of ether oxygens (including phenoxy) is 1. The van der Waals surface area contributed by atoms with E-state index in [9.17, 15) is 4.79 Å². The Balaban J connectivity index is 1.91. The van der Waals surface area contributed by atoms with Crippen molar-refractivity contribution in [2.24, 2.45) is 0 Å². The summed E-state index contributed by atoms with van der Waals surface area (Å²) < 4.78 is 5.22. The summed E-state index contributed by atoms with van der Waals surface area (Å²) in [5.74, 6) is 1.12. The third-order valence-corrected chi connectivity index (χ3v) is 3.51. The quantitative estimate of drug-likeness (QED) is 0.773.